The third kappa shape index (κ3) is 5.65. The third-order valence-electron chi connectivity index (χ3n) is 6.56. The summed E-state index contributed by atoms with van der Waals surface area (Å²) in [5.74, 6) is -3.00. The van der Waals surface area contributed by atoms with Crippen molar-refractivity contribution in [2.75, 3.05) is 20.5 Å². The van der Waals surface area contributed by atoms with Gasteiger partial charge in [0.25, 0.3) is 0 Å². The molecule has 0 N–H and O–H groups in total. The van der Waals surface area contributed by atoms with Crippen LogP contribution in [0.25, 0.3) is 0 Å². The Kier molecular flexibility index (Phi) is 9.61. The predicted molar refractivity (Wildman–Crippen MR) is 119 cm³/mol. The molecule has 0 amide bonds. The van der Waals surface area contributed by atoms with Crippen LogP contribution in [0.15, 0.2) is 54.6 Å². The Bertz CT molecular complexity index is 1330. The fraction of sp³-hybridized carbons (Fsp3) is 0.259. The number of carboxylic acids is 2. The minimum absolute atomic E-state index is 0. The first kappa shape index (κ1) is 29.4. The summed E-state index contributed by atoms with van der Waals surface area (Å²) in [5, 5.41) is 23.8. The van der Waals surface area contributed by atoms with Crippen molar-refractivity contribution in [3.8, 4) is 23.0 Å². The average Bonchev–Trinajstić information content (AvgIpc) is 3.44. The number of ether oxygens (including phenoxy) is 4. The molecule has 1 heterocycles. The van der Waals surface area contributed by atoms with E-state index in [1.165, 1.54) is 7.11 Å². The Morgan fingerprint density at radius 1 is 0.892 bits per heavy atom. The summed E-state index contributed by atoms with van der Waals surface area (Å²) in [4.78, 5) is 23.8. The predicted octanol–water partition coefficient (Wildman–Crippen LogP) is -4.49. The van der Waals surface area contributed by atoms with Crippen LogP contribution in [0.3, 0.4) is 0 Å². The fourth-order valence-electron chi connectivity index (χ4n) is 5.11. The van der Waals surface area contributed by atoms with E-state index in [9.17, 15) is 19.8 Å². The van der Waals surface area contributed by atoms with Crippen LogP contribution >= 0.6 is 0 Å². The maximum atomic E-state index is 12.7. The molecule has 3 atom stereocenters. The number of methoxy groups -OCH3 is 1. The molecule has 37 heavy (non-hydrogen) atoms. The van der Waals surface area contributed by atoms with E-state index in [1.807, 2.05) is 31.2 Å². The second-order valence-corrected chi connectivity index (χ2v) is 8.61. The number of hydrogen-bond acceptors (Lipinski definition) is 8. The van der Waals surface area contributed by atoms with Gasteiger partial charge in [-0.05, 0) is 41.8 Å². The van der Waals surface area contributed by atoms with E-state index < -0.39 is 36.3 Å². The molecule has 1 aliphatic heterocycles. The third-order valence-corrected chi connectivity index (χ3v) is 6.56. The minimum Gasteiger partial charge on any atom is -0.550 e. The second kappa shape index (κ2) is 12.1. The first-order chi connectivity index (χ1) is 16.9. The molecule has 1 aliphatic carbocycles. The van der Waals surface area contributed by atoms with Crippen LogP contribution in [0.4, 0.5) is 0 Å². The molecule has 10 heteroatoms. The van der Waals surface area contributed by atoms with Crippen molar-refractivity contribution in [1.82, 2.24) is 0 Å². The average molecular weight is 520 g/mol. The number of aryl methyl sites for hydroxylation is 1. The first-order valence-corrected chi connectivity index (χ1v) is 11.1. The number of fused-ring (bicyclic) bond motifs is 2. The summed E-state index contributed by atoms with van der Waals surface area (Å²) in [6, 6.07) is 16.2. The number of aliphatic carboxylic acids is 2. The van der Waals surface area contributed by atoms with Gasteiger partial charge in [0, 0.05) is 35.4 Å². The van der Waals surface area contributed by atoms with Crippen molar-refractivity contribution in [3.05, 3.63) is 82.4 Å². The van der Waals surface area contributed by atoms with E-state index in [0.29, 0.717) is 22.8 Å². The number of carboxylic acid groups (broad SMARTS) is 2. The molecule has 180 valence electrons. The minimum atomic E-state index is -1.39. The molecular formula is C27H22Na2O8. The molecule has 0 fully saturated rings. The van der Waals surface area contributed by atoms with E-state index >= 15 is 0 Å². The molecule has 1 unspecified atom stereocenters. The van der Waals surface area contributed by atoms with Crippen LogP contribution in [-0.2, 0) is 9.59 Å². The van der Waals surface area contributed by atoms with Gasteiger partial charge < -0.3 is 38.7 Å². The maximum Gasteiger partial charge on any atom is 1.00 e. The van der Waals surface area contributed by atoms with Crippen molar-refractivity contribution in [1.29, 1.82) is 0 Å². The summed E-state index contributed by atoms with van der Waals surface area (Å²) >= 11 is 0. The Balaban J connectivity index is 0.00000190. The molecule has 3 aromatic carbocycles. The van der Waals surface area contributed by atoms with Gasteiger partial charge in [0.15, 0.2) is 11.5 Å². The smallest absolute Gasteiger partial charge is 0.550 e. The number of benzene rings is 3. The zero-order chi connectivity index (χ0) is 24.7. The normalized spacial score (nSPS) is 18.7. The maximum absolute atomic E-state index is 12.7. The molecule has 2 aliphatic rings. The van der Waals surface area contributed by atoms with Crippen molar-refractivity contribution >= 4 is 11.9 Å². The van der Waals surface area contributed by atoms with Crippen LogP contribution < -0.4 is 88.3 Å². The van der Waals surface area contributed by atoms with Crippen molar-refractivity contribution in [2.45, 2.75) is 18.8 Å². The van der Waals surface area contributed by atoms with Gasteiger partial charge in [-0.25, -0.2) is 0 Å². The molecule has 0 saturated heterocycles. The molecule has 0 spiro atoms. The summed E-state index contributed by atoms with van der Waals surface area (Å²) in [5.41, 5.74) is 3.89. The van der Waals surface area contributed by atoms with Crippen molar-refractivity contribution < 1.29 is 97.9 Å². The summed E-state index contributed by atoms with van der Waals surface area (Å²) in [6.07, 6.45) is 0. The Hall–Kier alpha value is -2.20. The Morgan fingerprint density at radius 2 is 1.62 bits per heavy atom. The topological polar surface area (TPSA) is 117 Å². The van der Waals surface area contributed by atoms with Gasteiger partial charge in [-0.15, -0.1) is 0 Å². The zero-order valence-corrected chi connectivity index (χ0v) is 25.1. The van der Waals surface area contributed by atoms with Gasteiger partial charge in [0.1, 0.15) is 18.1 Å². The van der Waals surface area contributed by atoms with Crippen LogP contribution in [0.2, 0.25) is 0 Å². The van der Waals surface area contributed by atoms with Crippen LogP contribution in [0.1, 0.15) is 39.7 Å². The Labute approximate surface area is 258 Å². The molecule has 5 rings (SSSR count). The molecule has 3 aromatic rings. The van der Waals surface area contributed by atoms with Crippen LogP contribution in [0.5, 0.6) is 23.0 Å². The molecule has 0 aromatic heterocycles. The van der Waals surface area contributed by atoms with Gasteiger partial charge in [-0.2, -0.15) is 0 Å². The van der Waals surface area contributed by atoms with Gasteiger partial charge in [-0.1, -0.05) is 35.9 Å². The largest absolute Gasteiger partial charge is 1.00 e. The number of rotatable bonds is 7. The van der Waals surface area contributed by atoms with E-state index in [0.717, 1.165) is 22.3 Å². The van der Waals surface area contributed by atoms with E-state index in [4.69, 9.17) is 18.9 Å². The van der Waals surface area contributed by atoms with Crippen LogP contribution in [-0.4, -0.2) is 32.4 Å². The quantitative estimate of drug-likeness (QED) is 0.287. The molecule has 0 radical (unpaired) electrons. The summed E-state index contributed by atoms with van der Waals surface area (Å²) in [6.45, 7) is 1.35. The standard InChI is InChI=1S/C27H24O8.2Na/c1-14-3-6-17-19(9-14)25(18-7-5-16(32-2)11-21(18)33-12-23(28)29)26(27(30)31)24(17)15-4-8-20-22(10-15)35-13-34-20;;/h3-11,24-26H,12-13H2,1-2H3,(H,28,29)(H,30,31);;/q;2*+1/p-2/t24-,25+,26?;;/m0../s1. The van der Waals surface area contributed by atoms with E-state index in [-0.39, 0.29) is 71.7 Å². The van der Waals surface area contributed by atoms with Crippen LogP contribution in [0, 0.1) is 12.8 Å². The molecule has 8 nitrogen and oxygen atoms in total. The molecule has 0 bridgehead atoms. The van der Waals surface area contributed by atoms with E-state index in [1.54, 1.807) is 30.3 Å². The first-order valence-electron chi connectivity index (χ1n) is 11.1. The van der Waals surface area contributed by atoms with Crippen molar-refractivity contribution in [2.24, 2.45) is 5.92 Å². The fourth-order valence-corrected chi connectivity index (χ4v) is 5.11. The van der Waals surface area contributed by atoms with E-state index in [2.05, 4.69) is 0 Å². The summed E-state index contributed by atoms with van der Waals surface area (Å²) in [7, 11) is 1.48. The van der Waals surface area contributed by atoms with Gasteiger partial charge >= 0.3 is 59.1 Å². The van der Waals surface area contributed by atoms with Crippen molar-refractivity contribution in [3.63, 3.8) is 0 Å². The zero-order valence-electron chi connectivity index (χ0n) is 21.1. The summed E-state index contributed by atoms with van der Waals surface area (Å²) < 4.78 is 21.8. The van der Waals surface area contributed by atoms with Gasteiger partial charge in [-0.3, -0.25) is 0 Å². The van der Waals surface area contributed by atoms with Gasteiger partial charge in [0.05, 0.1) is 13.1 Å². The number of carbonyl (C=O) groups excluding carboxylic acids is 2. The van der Waals surface area contributed by atoms with Gasteiger partial charge in [0.2, 0.25) is 6.79 Å². The molecular weight excluding hydrogens is 498 g/mol. The number of hydrogen-bond donors (Lipinski definition) is 0. The Morgan fingerprint density at radius 3 is 2.32 bits per heavy atom. The SMILES string of the molecule is COc1ccc([C@@H]2c3cc(C)ccc3[C@H](c3ccc4c(c3)OCO4)C2C(=O)[O-])c(OCC(=O)[O-])c1.[Na+].[Na+]. The number of carbonyl (C=O) groups is 2. The monoisotopic (exact) mass is 520 g/mol. The second-order valence-electron chi connectivity index (χ2n) is 8.61. The molecule has 0 saturated carbocycles.